The Labute approximate surface area is 167 Å². The first-order valence-electron chi connectivity index (χ1n) is 8.27. The lowest BCUT2D eigenvalue weighted by atomic mass is 10.1. The van der Waals surface area contributed by atoms with Crippen LogP contribution in [0.3, 0.4) is 0 Å². The van der Waals surface area contributed by atoms with Gasteiger partial charge in [-0.1, -0.05) is 53.0 Å². The van der Waals surface area contributed by atoms with Crippen LogP contribution in [0.1, 0.15) is 24.0 Å². The molecule has 0 aliphatic carbocycles. The third-order valence-corrected chi connectivity index (χ3v) is 5.25. The fourth-order valence-electron chi connectivity index (χ4n) is 2.54. The number of aromatic nitrogens is 1. The molecule has 3 aromatic rings. The van der Waals surface area contributed by atoms with E-state index in [9.17, 15) is 4.79 Å². The molecule has 3 rings (SSSR count). The smallest absolute Gasteiger partial charge is 0.226 e. The first kappa shape index (κ1) is 18.9. The van der Waals surface area contributed by atoms with Crippen molar-refractivity contribution < 1.29 is 4.79 Å². The lowest BCUT2D eigenvalue weighted by molar-refractivity contribution is -0.116. The van der Waals surface area contributed by atoms with Gasteiger partial charge in [-0.3, -0.25) is 4.79 Å². The van der Waals surface area contributed by atoms with Crippen LogP contribution >= 0.6 is 34.5 Å². The minimum atomic E-state index is -0.0276. The molecule has 0 aliphatic heterocycles. The van der Waals surface area contributed by atoms with Gasteiger partial charge < -0.3 is 5.32 Å². The maximum atomic E-state index is 12.1. The monoisotopic (exact) mass is 404 g/mol. The molecule has 2 aromatic carbocycles. The average Bonchev–Trinajstić information content (AvgIpc) is 3.04. The van der Waals surface area contributed by atoms with E-state index in [1.807, 2.05) is 11.4 Å². The van der Waals surface area contributed by atoms with Crippen molar-refractivity contribution in [3.8, 4) is 11.3 Å². The highest BCUT2D eigenvalue weighted by Crippen LogP contribution is 2.32. The van der Waals surface area contributed by atoms with E-state index in [1.54, 1.807) is 12.1 Å². The second-order valence-electron chi connectivity index (χ2n) is 6.05. The topological polar surface area (TPSA) is 42.0 Å². The second-order valence-corrected chi connectivity index (χ2v) is 7.75. The van der Waals surface area contributed by atoms with Gasteiger partial charge >= 0.3 is 0 Å². The second kappa shape index (κ2) is 8.67. The Morgan fingerprint density at radius 2 is 1.92 bits per heavy atom. The molecule has 134 valence electrons. The summed E-state index contributed by atoms with van der Waals surface area (Å²) in [6.45, 7) is 2.07. The van der Waals surface area contributed by atoms with Gasteiger partial charge in [-0.2, -0.15) is 0 Å². The van der Waals surface area contributed by atoms with Gasteiger partial charge in [-0.05, 0) is 43.5 Å². The number of nitrogens with one attached hydrogen (secondary N) is 1. The number of rotatable bonds is 6. The predicted molar refractivity (Wildman–Crippen MR) is 110 cm³/mol. The van der Waals surface area contributed by atoms with Crippen molar-refractivity contribution in [2.45, 2.75) is 26.2 Å². The first-order chi connectivity index (χ1) is 12.5. The van der Waals surface area contributed by atoms with E-state index in [-0.39, 0.29) is 5.91 Å². The van der Waals surface area contributed by atoms with Crippen LogP contribution in [-0.4, -0.2) is 10.9 Å². The van der Waals surface area contributed by atoms with Crippen molar-refractivity contribution in [1.82, 2.24) is 4.98 Å². The van der Waals surface area contributed by atoms with Gasteiger partial charge in [0.1, 0.15) is 0 Å². The fourth-order valence-corrected chi connectivity index (χ4v) is 3.77. The van der Waals surface area contributed by atoms with Crippen LogP contribution in [0, 0.1) is 6.92 Å². The first-order valence-corrected chi connectivity index (χ1v) is 9.91. The Kier molecular flexibility index (Phi) is 6.30. The molecule has 6 heteroatoms. The van der Waals surface area contributed by atoms with Crippen molar-refractivity contribution in [3.63, 3.8) is 0 Å². The van der Waals surface area contributed by atoms with Gasteiger partial charge in [-0.25, -0.2) is 4.98 Å². The van der Waals surface area contributed by atoms with Gasteiger partial charge in [0, 0.05) is 22.4 Å². The van der Waals surface area contributed by atoms with E-state index in [4.69, 9.17) is 23.2 Å². The quantitative estimate of drug-likeness (QED) is 0.517. The van der Waals surface area contributed by atoms with E-state index < -0.39 is 0 Å². The number of benzene rings is 2. The zero-order chi connectivity index (χ0) is 18.5. The molecule has 1 aromatic heterocycles. The van der Waals surface area contributed by atoms with Crippen LogP contribution in [-0.2, 0) is 11.2 Å². The van der Waals surface area contributed by atoms with Crippen LogP contribution < -0.4 is 5.32 Å². The van der Waals surface area contributed by atoms with Gasteiger partial charge in [0.2, 0.25) is 5.91 Å². The minimum Gasteiger partial charge on any atom is -0.302 e. The molecule has 1 amide bonds. The Morgan fingerprint density at radius 3 is 2.65 bits per heavy atom. The largest absolute Gasteiger partial charge is 0.302 e. The molecular weight excluding hydrogens is 387 g/mol. The van der Waals surface area contributed by atoms with Gasteiger partial charge in [0.05, 0.1) is 10.7 Å². The molecule has 0 unspecified atom stereocenters. The zero-order valence-electron chi connectivity index (χ0n) is 14.3. The number of nitrogens with zero attached hydrogens (tertiary/aromatic N) is 1. The molecule has 0 bridgehead atoms. The Bertz CT molecular complexity index is 906. The van der Waals surface area contributed by atoms with Gasteiger partial charge in [0.25, 0.3) is 0 Å². The predicted octanol–water partition coefficient (Wildman–Crippen LogP) is 6.39. The van der Waals surface area contributed by atoms with Crippen LogP contribution in [0.25, 0.3) is 11.3 Å². The number of hydrogen-bond donors (Lipinski definition) is 1. The standard InChI is InChI=1S/C20H18Cl2N2OS/c1-13-5-7-14(8-6-13)3-2-4-19(25)24-20-23-18(12-26-20)16-10-9-15(21)11-17(16)22/h5-12H,2-4H2,1H3,(H,23,24,25). The fraction of sp³-hybridized carbons (Fsp3) is 0.200. The maximum absolute atomic E-state index is 12.1. The third kappa shape index (κ3) is 5.07. The molecule has 0 saturated carbocycles. The van der Waals surface area contributed by atoms with Crippen molar-refractivity contribution >= 4 is 45.6 Å². The Hall–Kier alpha value is -1.88. The number of amides is 1. The van der Waals surface area contributed by atoms with E-state index in [0.29, 0.717) is 21.6 Å². The summed E-state index contributed by atoms with van der Waals surface area (Å²) in [7, 11) is 0. The van der Waals surface area contributed by atoms with E-state index >= 15 is 0 Å². The van der Waals surface area contributed by atoms with Crippen LogP contribution in [0.2, 0.25) is 10.0 Å². The van der Waals surface area contributed by atoms with E-state index in [0.717, 1.165) is 24.1 Å². The number of aryl methyl sites for hydroxylation is 2. The molecule has 0 aliphatic rings. The highest BCUT2D eigenvalue weighted by molar-refractivity contribution is 7.14. The summed E-state index contributed by atoms with van der Waals surface area (Å²) >= 11 is 13.5. The number of carbonyl (C=O) groups is 1. The van der Waals surface area contributed by atoms with Crippen molar-refractivity contribution in [1.29, 1.82) is 0 Å². The number of hydrogen-bond acceptors (Lipinski definition) is 3. The lowest BCUT2D eigenvalue weighted by Crippen LogP contribution is -2.11. The van der Waals surface area contributed by atoms with E-state index in [2.05, 4.69) is 41.5 Å². The van der Waals surface area contributed by atoms with Crippen molar-refractivity contribution in [2.75, 3.05) is 5.32 Å². The number of carbonyl (C=O) groups excluding carboxylic acids is 1. The number of anilines is 1. The minimum absolute atomic E-state index is 0.0276. The molecule has 3 nitrogen and oxygen atoms in total. The summed E-state index contributed by atoms with van der Waals surface area (Å²) in [5.41, 5.74) is 4.02. The zero-order valence-corrected chi connectivity index (χ0v) is 16.6. The molecule has 0 fully saturated rings. The summed E-state index contributed by atoms with van der Waals surface area (Å²) in [6, 6.07) is 13.7. The molecule has 26 heavy (non-hydrogen) atoms. The van der Waals surface area contributed by atoms with Crippen LogP contribution in [0.5, 0.6) is 0 Å². The van der Waals surface area contributed by atoms with Crippen molar-refractivity contribution in [2.24, 2.45) is 0 Å². The van der Waals surface area contributed by atoms with Crippen LogP contribution in [0.4, 0.5) is 5.13 Å². The number of thiazole rings is 1. The summed E-state index contributed by atoms with van der Waals surface area (Å²) in [4.78, 5) is 16.6. The highest BCUT2D eigenvalue weighted by atomic mass is 35.5. The normalized spacial score (nSPS) is 10.7. The number of halogens is 2. The van der Waals surface area contributed by atoms with Crippen molar-refractivity contribution in [3.05, 3.63) is 69.0 Å². The highest BCUT2D eigenvalue weighted by Gasteiger charge is 2.11. The molecular formula is C20H18Cl2N2OS. The third-order valence-electron chi connectivity index (χ3n) is 3.95. The molecule has 0 radical (unpaired) electrons. The molecule has 0 saturated heterocycles. The van der Waals surface area contributed by atoms with Gasteiger partial charge in [0.15, 0.2) is 5.13 Å². The maximum Gasteiger partial charge on any atom is 0.226 e. The Morgan fingerprint density at radius 1 is 1.15 bits per heavy atom. The SMILES string of the molecule is Cc1ccc(CCCC(=O)Nc2nc(-c3ccc(Cl)cc3Cl)cs2)cc1. The summed E-state index contributed by atoms with van der Waals surface area (Å²) in [5.74, 6) is -0.0276. The molecule has 0 spiro atoms. The molecule has 0 atom stereocenters. The van der Waals surface area contributed by atoms with E-state index in [1.165, 1.54) is 22.5 Å². The lowest BCUT2D eigenvalue weighted by Gasteiger charge is -2.03. The van der Waals surface area contributed by atoms with Crippen LogP contribution in [0.15, 0.2) is 47.8 Å². The summed E-state index contributed by atoms with van der Waals surface area (Å²) in [5, 5.41) is 6.43. The average molecular weight is 405 g/mol. The Balaban J connectivity index is 1.53. The van der Waals surface area contributed by atoms with Gasteiger partial charge in [-0.15, -0.1) is 11.3 Å². The summed E-state index contributed by atoms with van der Waals surface area (Å²) < 4.78 is 0. The molecule has 1 heterocycles. The molecule has 1 N–H and O–H groups in total. The summed E-state index contributed by atoms with van der Waals surface area (Å²) in [6.07, 6.45) is 2.15.